The molecule has 0 amide bonds. The Labute approximate surface area is 307 Å². The van der Waals surface area contributed by atoms with E-state index < -0.39 is 125 Å². The van der Waals surface area contributed by atoms with Crippen LogP contribution in [-0.2, 0) is 0 Å². The van der Waals surface area contributed by atoms with Crippen LogP contribution >= 0.6 is 0 Å². The van der Waals surface area contributed by atoms with Crippen molar-refractivity contribution in [2.75, 3.05) is 0 Å². The first-order valence-corrected chi connectivity index (χ1v) is 15.2. The Kier molecular flexibility index (Phi) is 4.09. The van der Waals surface area contributed by atoms with E-state index in [2.05, 4.69) is 0 Å². The average molecular weight is 643 g/mol. The topological polar surface area (TPSA) is 43.6 Å². The van der Waals surface area contributed by atoms with E-state index in [1.54, 1.807) is 42.5 Å². The third-order valence-corrected chi connectivity index (χ3v) is 7.94. The van der Waals surface area contributed by atoms with Gasteiger partial charge in [0.05, 0.1) is 38.7 Å². The van der Waals surface area contributed by atoms with Crippen LogP contribution in [0.2, 0.25) is 0 Å². The van der Waals surface area contributed by atoms with Gasteiger partial charge in [-0.2, -0.15) is 0 Å². The summed E-state index contributed by atoms with van der Waals surface area (Å²) in [6, 6.07) is 13.4. The molecular formula is C45H30N4. The monoisotopic (exact) mass is 642 g/mol. The van der Waals surface area contributed by atoms with Crippen LogP contribution in [0.15, 0.2) is 182 Å². The molecule has 4 heteroatoms. The zero-order valence-corrected chi connectivity index (χ0v) is 25.4. The lowest BCUT2D eigenvalue weighted by Crippen LogP contribution is -2.01. The first kappa shape index (κ1) is 16.4. The molecule has 0 bridgehead atoms. The predicted molar refractivity (Wildman–Crippen MR) is 201 cm³/mol. The van der Waals surface area contributed by atoms with Crippen molar-refractivity contribution < 1.29 is 21.9 Å². The predicted octanol–water partition coefficient (Wildman–Crippen LogP) is 11.3. The van der Waals surface area contributed by atoms with Crippen LogP contribution in [-0.4, -0.2) is 19.5 Å². The molecule has 230 valence electrons. The van der Waals surface area contributed by atoms with Crippen molar-refractivity contribution in [2.45, 2.75) is 0 Å². The molecule has 0 fully saturated rings. The van der Waals surface area contributed by atoms with Crippen molar-refractivity contribution in [3.63, 3.8) is 0 Å². The van der Waals surface area contributed by atoms with E-state index in [1.807, 2.05) is 42.5 Å². The molecule has 7 aromatic carbocycles. The molecule has 2 aromatic heterocycles. The molecule has 49 heavy (non-hydrogen) atoms. The van der Waals surface area contributed by atoms with Crippen molar-refractivity contribution in [3.8, 4) is 62.1 Å². The van der Waals surface area contributed by atoms with E-state index in [0.717, 1.165) is 15.7 Å². The average Bonchev–Trinajstić information content (AvgIpc) is 3.68. The molecule has 0 atom stereocenters. The van der Waals surface area contributed by atoms with Gasteiger partial charge in [0.25, 0.3) is 0 Å². The van der Waals surface area contributed by atoms with Crippen molar-refractivity contribution >= 4 is 21.8 Å². The smallest absolute Gasteiger partial charge is 0.164 e. The van der Waals surface area contributed by atoms with Gasteiger partial charge in [-0.15, -0.1) is 0 Å². The van der Waals surface area contributed by atoms with E-state index in [9.17, 15) is 6.85 Å². The van der Waals surface area contributed by atoms with Gasteiger partial charge >= 0.3 is 0 Å². The largest absolute Gasteiger partial charge is 0.309 e. The lowest BCUT2D eigenvalue weighted by molar-refractivity contribution is 1.07. The molecule has 0 N–H and O–H groups in total. The molecule has 0 spiro atoms. The Morgan fingerprint density at radius 2 is 0.918 bits per heavy atom. The molecule has 4 nitrogen and oxygen atoms in total. The van der Waals surface area contributed by atoms with Crippen molar-refractivity contribution in [3.05, 3.63) is 182 Å². The number of nitrogens with zero attached hydrogens (tertiary/aromatic N) is 4. The van der Waals surface area contributed by atoms with Crippen molar-refractivity contribution in [1.82, 2.24) is 19.5 Å². The normalized spacial score (nSPS) is 15.8. The van der Waals surface area contributed by atoms with Crippen molar-refractivity contribution in [2.24, 2.45) is 0 Å². The molecule has 9 aromatic rings. The van der Waals surface area contributed by atoms with Crippen LogP contribution < -0.4 is 0 Å². The number of rotatable bonds is 6. The fourth-order valence-corrected chi connectivity index (χ4v) is 5.65. The molecule has 0 aliphatic heterocycles. The van der Waals surface area contributed by atoms with Crippen LogP contribution in [0.25, 0.3) is 83.9 Å². The number of hydrogen-bond donors (Lipinski definition) is 0. The molecule has 0 saturated carbocycles. The number of hydrogen-bond acceptors (Lipinski definition) is 3. The minimum Gasteiger partial charge on any atom is -0.309 e. The SMILES string of the molecule is [2H]c1c([2H])c([2H])c(-c2c([2H])c([2H])c([2H])c([2H])c2-n2c3c([2H])c([2H])c([2H])c([2H])c3c3c([2H])c([2H])c(-c4nc(-c5ccccc5)nc(-c5ccc(-c6ccccc6)cc5)n4)c([2H])c32)c([2H])c1[2H]. The third kappa shape index (κ3) is 5.26. The van der Waals surface area contributed by atoms with Crippen LogP contribution in [0, 0.1) is 0 Å². The quantitative estimate of drug-likeness (QED) is 0.181. The second kappa shape index (κ2) is 12.2. The fourth-order valence-electron chi connectivity index (χ4n) is 5.65. The first-order chi connectivity index (χ1) is 31.0. The van der Waals surface area contributed by atoms with E-state index in [4.69, 9.17) is 30.0 Å². The molecule has 0 radical (unpaired) electrons. The van der Waals surface area contributed by atoms with Crippen LogP contribution in [0.4, 0.5) is 0 Å². The standard InChI is InChI=1S/C45H30N4/c1-4-14-31(15-5-1)32-24-26-35(27-25-32)44-46-43(34-18-8-3-9-19-34)47-45(48-44)36-28-29-39-38-21-11-13-23-41(38)49(42(39)30-36)40-22-12-10-20-37(40)33-16-6-2-7-17-33/h1-30H/i2D,6D,7D,10D,11D,12D,13D,16D,17D,20D,21D,22D,23D,28D,29D,30D. The van der Waals surface area contributed by atoms with Crippen LogP contribution in [0.3, 0.4) is 0 Å². The zero-order chi connectivity index (χ0) is 46.5. The summed E-state index contributed by atoms with van der Waals surface area (Å²) in [4.78, 5) is 14.2. The van der Waals surface area contributed by atoms with Gasteiger partial charge in [-0.1, -0.05) is 163 Å². The molecule has 9 rings (SSSR count). The van der Waals surface area contributed by atoms with Gasteiger partial charge in [0, 0.05) is 33.0 Å². The second-order valence-electron chi connectivity index (χ2n) is 10.9. The first-order valence-electron chi connectivity index (χ1n) is 23.2. The molecular weight excluding hydrogens is 597 g/mol. The minimum absolute atomic E-state index is 0.125. The highest BCUT2D eigenvalue weighted by molar-refractivity contribution is 6.10. The van der Waals surface area contributed by atoms with E-state index >= 15 is 0 Å². The number of fused-ring (bicyclic) bond motifs is 3. The summed E-state index contributed by atoms with van der Waals surface area (Å²) in [5.41, 5.74) is -0.288. The maximum Gasteiger partial charge on any atom is 0.164 e. The molecule has 2 heterocycles. The summed E-state index contributed by atoms with van der Waals surface area (Å²) >= 11 is 0. The Hall–Kier alpha value is -6.65. The lowest BCUT2D eigenvalue weighted by Gasteiger charge is -2.14. The lowest BCUT2D eigenvalue weighted by atomic mass is 10.0. The summed E-state index contributed by atoms with van der Waals surface area (Å²) in [5, 5.41) is -0.733. The summed E-state index contributed by atoms with van der Waals surface area (Å²) in [6.07, 6.45) is 0. The van der Waals surface area contributed by atoms with Gasteiger partial charge in [0.2, 0.25) is 0 Å². The summed E-state index contributed by atoms with van der Waals surface area (Å²) < 4.78 is 144. The fraction of sp³-hybridized carbons (Fsp3) is 0. The van der Waals surface area contributed by atoms with E-state index in [0.29, 0.717) is 11.1 Å². The number of para-hydroxylation sites is 2. The van der Waals surface area contributed by atoms with Crippen LogP contribution in [0.1, 0.15) is 21.9 Å². The van der Waals surface area contributed by atoms with E-state index in [-0.39, 0.29) is 33.8 Å². The number of aromatic nitrogens is 4. The Bertz CT molecular complexity index is 3460. The summed E-state index contributed by atoms with van der Waals surface area (Å²) in [6.45, 7) is 0. The van der Waals surface area contributed by atoms with Gasteiger partial charge in [-0.25, -0.2) is 15.0 Å². The second-order valence-corrected chi connectivity index (χ2v) is 10.9. The summed E-state index contributed by atoms with van der Waals surface area (Å²) in [5.74, 6) is -0.00725. The van der Waals surface area contributed by atoms with Gasteiger partial charge in [-0.3, -0.25) is 0 Å². The van der Waals surface area contributed by atoms with Gasteiger partial charge in [0.1, 0.15) is 0 Å². The Balaban J connectivity index is 1.45. The highest BCUT2D eigenvalue weighted by atomic mass is 15.0. The molecule has 0 unspecified atom stereocenters. The van der Waals surface area contributed by atoms with Gasteiger partial charge in [-0.05, 0) is 34.8 Å². The highest BCUT2D eigenvalue weighted by Gasteiger charge is 2.18. The molecule has 0 aliphatic rings. The van der Waals surface area contributed by atoms with E-state index in [1.165, 1.54) is 0 Å². The summed E-state index contributed by atoms with van der Waals surface area (Å²) in [7, 11) is 0. The van der Waals surface area contributed by atoms with Crippen molar-refractivity contribution in [1.29, 1.82) is 0 Å². The zero-order valence-electron chi connectivity index (χ0n) is 41.4. The maximum absolute atomic E-state index is 9.94. The Morgan fingerprint density at radius 3 is 1.65 bits per heavy atom. The number of benzene rings is 7. The van der Waals surface area contributed by atoms with Crippen LogP contribution in [0.5, 0.6) is 0 Å². The maximum atomic E-state index is 9.94. The minimum atomic E-state index is -0.866. The Morgan fingerprint density at radius 1 is 0.388 bits per heavy atom. The van der Waals surface area contributed by atoms with Gasteiger partial charge in [0.15, 0.2) is 17.5 Å². The highest BCUT2D eigenvalue weighted by Crippen LogP contribution is 2.38. The molecule has 0 saturated heterocycles. The molecule has 0 aliphatic carbocycles. The third-order valence-electron chi connectivity index (χ3n) is 7.94. The van der Waals surface area contributed by atoms with Gasteiger partial charge < -0.3 is 4.57 Å².